The molecule has 1 fully saturated rings. The Kier molecular flexibility index (Phi) is 8.86. The van der Waals surface area contributed by atoms with Gasteiger partial charge in [0.1, 0.15) is 11.5 Å². The summed E-state index contributed by atoms with van der Waals surface area (Å²) >= 11 is 0. The number of anilines is 1. The van der Waals surface area contributed by atoms with Crippen LogP contribution in [0.5, 0.6) is 23.0 Å². The number of hydrogen-bond donors (Lipinski definition) is 2. The van der Waals surface area contributed by atoms with Crippen molar-refractivity contribution >= 4 is 33.4 Å². The minimum absolute atomic E-state index is 0.101. The Hall–Kier alpha value is -4.67. The minimum Gasteiger partial charge on any atom is -0.493 e. The van der Waals surface area contributed by atoms with E-state index in [0.717, 1.165) is 66.6 Å². The van der Waals surface area contributed by atoms with Gasteiger partial charge in [-0.15, -0.1) is 0 Å². The van der Waals surface area contributed by atoms with E-state index in [9.17, 15) is 4.79 Å². The number of ether oxygens (including phenoxy) is 4. The zero-order valence-corrected chi connectivity index (χ0v) is 26.2. The van der Waals surface area contributed by atoms with Crippen molar-refractivity contribution < 1.29 is 23.7 Å². The number of benzene rings is 3. The van der Waals surface area contributed by atoms with Gasteiger partial charge in [0.05, 0.1) is 32.4 Å². The Morgan fingerprint density at radius 3 is 2.62 bits per heavy atom. The predicted octanol–water partition coefficient (Wildman–Crippen LogP) is 6.56. The van der Waals surface area contributed by atoms with Crippen LogP contribution in [0.1, 0.15) is 43.2 Å². The number of pyridine rings is 1. The monoisotopic (exact) mass is 609 g/mol. The maximum Gasteiger partial charge on any atom is 0.257 e. The first-order chi connectivity index (χ1) is 21.8. The van der Waals surface area contributed by atoms with Gasteiger partial charge >= 0.3 is 0 Å². The quantitative estimate of drug-likeness (QED) is 0.171. The second-order valence-corrected chi connectivity index (χ2v) is 12.1. The average Bonchev–Trinajstić information content (AvgIpc) is 3.52. The highest BCUT2D eigenvalue weighted by Crippen LogP contribution is 2.38. The molecule has 3 aromatic carbocycles. The van der Waals surface area contributed by atoms with E-state index in [1.54, 1.807) is 19.4 Å². The van der Waals surface area contributed by atoms with Gasteiger partial charge in [-0.2, -0.15) is 5.10 Å². The first-order valence-corrected chi connectivity index (χ1v) is 15.3. The number of amides is 1. The van der Waals surface area contributed by atoms with E-state index in [-0.39, 0.29) is 11.3 Å². The number of fused-ring (bicyclic) bond motifs is 2. The van der Waals surface area contributed by atoms with Crippen LogP contribution in [-0.4, -0.2) is 72.6 Å². The summed E-state index contributed by atoms with van der Waals surface area (Å²) in [6.07, 6.45) is 2.63. The zero-order chi connectivity index (χ0) is 31.4. The molecule has 0 unspecified atom stereocenters. The van der Waals surface area contributed by atoms with E-state index in [1.807, 2.05) is 54.6 Å². The van der Waals surface area contributed by atoms with Gasteiger partial charge in [0, 0.05) is 60.0 Å². The summed E-state index contributed by atoms with van der Waals surface area (Å²) in [7, 11) is 1.63. The van der Waals surface area contributed by atoms with Crippen molar-refractivity contribution in [1.82, 2.24) is 20.1 Å². The molecule has 0 radical (unpaired) electrons. The van der Waals surface area contributed by atoms with Gasteiger partial charge in [-0.3, -0.25) is 19.8 Å². The van der Waals surface area contributed by atoms with E-state index in [4.69, 9.17) is 18.9 Å². The van der Waals surface area contributed by atoms with Crippen LogP contribution in [0.3, 0.4) is 0 Å². The van der Waals surface area contributed by atoms with Crippen LogP contribution in [0.15, 0.2) is 66.9 Å². The number of carbonyl (C=O) groups is 1. The number of morpholine rings is 1. The van der Waals surface area contributed by atoms with Gasteiger partial charge in [-0.1, -0.05) is 32.9 Å². The van der Waals surface area contributed by atoms with Gasteiger partial charge in [0.25, 0.3) is 5.91 Å². The highest BCUT2D eigenvalue weighted by molar-refractivity contribution is 6.12. The lowest BCUT2D eigenvalue weighted by Crippen LogP contribution is -2.37. The van der Waals surface area contributed by atoms with Gasteiger partial charge in [-0.25, -0.2) is 0 Å². The van der Waals surface area contributed by atoms with Crippen LogP contribution in [0, 0.1) is 0 Å². The molecule has 45 heavy (non-hydrogen) atoms. The fourth-order valence-corrected chi connectivity index (χ4v) is 5.39. The van der Waals surface area contributed by atoms with Crippen LogP contribution in [0.2, 0.25) is 0 Å². The molecule has 234 valence electrons. The number of aromatic amines is 1. The molecular weight excluding hydrogens is 570 g/mol. The molecule has 2 N–H and O–H groups in total. The summed E-state index contributed by atoms with van der Waals surface area (Å²) in [6.45, 7) is 11.3. The second-order valence-electron chi connectivity index (χ2n) is 12.1. The Labute approximate surface area is 262 Å². The topological polar surface area (TPSA) is 111 Å². The number of H-pyrrole nitrogens is 1. The highest BCUT2D eigenvalue weighted by atomic mass is 16.5. The van der Waals surface area contributed by atoms with Crippen LogP contribution in [-0.2, 0) is 10.2 Å². The SMILES string of the molecule is COc1cc2c(Oc3ccc4c(C(=O)Nc5cc(C(C)(C)C)[nH]n5)cccc4c3)ccnc2cc1OCCCN1CCOCC1. The standard InChI is InChI=1S/C35H39N5O5/c1-35(2,3)32-22-33(39-38-32)37-34(41)26-8-5-7-23-19-24(9-10-25(23)26)45-29-11-12-36-28-21-31(30(42-4)20-27(28)29)44-16-6-13-40-14-17-43-18-15-40/h5,7-12,19-22H,6,13-18H2,1-4H3,(H2,37,38,39,41). The molecule has 0 spiro atoms. The van der Waals surface area contributed by atoms with Gasteiger partial charge in [0.2, 0.25) is 0 Å². The summed E-state index contributed by atoms with van der Waals surface area (Å²) in [5.41, 5.74) is 2.14. The molecule has 1 saturated heterocycles. The largest absolute Gasteiger partial charge is 0.493 e. The Morgan fingerprint density at radius 1 is 1.00 bits per heavy atom. The van der Waals surface area contributed by atoms with Gasteiger partial charge in [0.15, 0.2) is 17.3 Å². The van der Waals surface area contributed by atoms with Crippen molar-refractivity contribution in [3.05, 3.63) is 78.1 Å². The molecule has 1 aliphatic rings. The maximum atomic E-state index is 13.2. The molecule has 2 aromatic heterocycles. The lowest BCUT2D eigenvalue weighted by molar-refractivity contribution is 0.0357. The second kappa shape index (κ2) is 13.1. The Bertz CT molecular complexity index is 1810. The molecule has 0 saturated carbocycles. The number of methoxy groups -OCH3 is 1. The third-order valence-corrected chi connectivity index (χ3v) is 7.92. The molecule has 1 amide bonds. The highest BCUT2D eigenvalue weighted by Gasteiger charge is 2.19. The fraction of sp³-hybridized carbons (Fsp3) is 0.343. The maximum absolute atomic E-state index is 13.2. The summed E-state index contributed by atoms with van der Waals surface area (Å²) in [4.78, 5) is 20.2. The van der Waals surface area contributed by atoms with Crippen LogP contribution in [0.4, 0.5) is 5.82 Å². The first kappa shape index (κ1) is 30.4. The van der Waals surface area contributed by atoms with E-state index in [2.05, 4.69) is 46.2 Å². The summed E-state index contributed by atoms with van der Waals surface area (Å²) in [6, 6.07) is 18.8. The molecule has 1 aliphatic heterocycles. The minimum atomic E-state index is -0.229. The summed E-state index contributed by atoms with van der Waals surface area (Å²) < 4.78 is 23.6. The third-order valence-electron chi connectivity index (χ3n) is 7.92. The third kappa shape index (κ3) is 7.02. The van der Waals surface area contributed by atoms with Gasteiger partial charge < -0.3 is 24.3 Å². The van der Waals surface area contributed by atoms with E-state index in [1.165, 1.54) is 0 Å². The number of carbonyl (C=O) groups excluding carboxylic acids is 1. The molecular formula is C35H39N5O5. The summed E-state index contributed by atoms with van der Waals surface area (Å²) in [5, 5.41) is 12.7. The number of nitrogens with one attached hydrogen (secondary N) is 2. The van der Waals surface area contributed by atoms with E-state index in [0.29, 0.717) is 41.0 Å². The molecule has 10 nitrogen and oxygen atoms in total. The van der Waals surface area contributed by atoms with Crippen molar-refractivity contribution in [3.8, 4) is 23.0 Å². The molecule has 3 heterocycles. The first-order valence-electron chi connectivity index (χ1n) is 15.3. The molecule has 10 heteroatoms. The smallest absolute Gasteiger partial charge is 0.257 e. The lowest BCUT2D eigenvalue weighted by Gasteiger charge is -2.26. The molecule has 5 aromatic rings. The molecule has 0 aliphatic carbocycles. The summed E-state index contributed by atoms with van der Waals surface area (Å²) in [5.74, 6) is 2.80. The average molecular weight is 610 g/mol. The number of aromatic nitrogens is 3. The van der Waals surface area contributed by atoms with Crippen LogP contribution < -0.4 is 19.5 Å². The molecule has 6 rings (SSSR count). The molecule has 0 atom stereocenters. The fourth-order valence-electron chi connectivity index (χ4n) is 5.39. The van der Waals surface area contributed by atoms with Crippen molar-refractivity contribution in [1.29, 1.82) is 0 Å². The normalized spacial score (nSPS) is 14.0. The van der Waals surface area contributed by atoms with Crippen molar-refractivity contribution in [2.24, 2.45) is 0 Å². The van der Waals surface area contributed by atoms with E-state index >= 15 is 0 Å². The van der Waals surface area contributed by atoms with Crippen LogP contribution >= 0.6 is 0 Å². The number of rotatable bonds is 10. The zero-order valence-electron chi connectivity index (χ0n) is 26.2. The van der Waals surface area contributed by atoms with Crippen molar-refractivity contribution in [2.45, 2.75) is 32.6 Å². The van der Waals surface area contributed by atoms with Crippen molar-refractivity contribution in [3.63, 3.8) is 0 Å². The van der Waals surface area contributed by atoms with E-state index < -0.39 is 0 Å². The molecule has 0 bridgehead atoms. The Balaban J connectivity index is 1.17. The van der Waals surface area contributed by atoms with Gasteiger partial charge in [-0.05, 0) is 53.6 Å². The number of nitrogens with zero attached hydrogens (tertiary/aromatic N) is 3. The lowest BCUT2D eigenvalue weighted by atomic mass is 9.92. The van der Waals surface area contributed by atoms with Crippen molar-refractivity contribution in [2.75, 3.05) is 51.9 Å². The Morgan fingerprint density at radius 2 is 1.84 bits per heavy atom. The number of hydrogen-bond acceptors (Lipinski definition) is 8. The predicted molar refractivity (Wildman–Crippen MR) is 175 cm³/mol. The van der Waals surface area contributed by atoms with Crippen LogP contribution in [0.25, 0.3) is 21.7 Å².